The molecule has 2 aromatic rings. The molecule has 0 spiro atoms. The lowest BCUT2D eigenvalue weighted by molar-refractivity contribution is -0.128. The Balaban J connectivity index is 1.95. The van der Waals surface area contributed by atoms with E-state index in [0.29, 0.717) is 28.7 Å². The number of amides is 1. The molecular weight excluding hydrogens is 406 g/mol. The number of nitrogens with one attached hydrogen (secondary N) is 2. The first-order valence-corrected chi connectivity index (χ1v) is 11.6. The van der Waals surface area contributed by atoms with Crippen LogP contribution in [0.4, 0.5) is 5.82 Å². The lowest BCUT2D eigenvalue weighted by Crippen LogP contribution is -2.38. The molecule has 0 aromatic carbocycles. The van der Waals surface area contributed by atoms with Gasteiger partial charge in [-0.15, -0.1) is 5.10 Å². The quantitative estimate of drug-likeness (QED) is 0.246. The molecule has 2 heterocycles. The van der Waals surface area contributed by atoms with Gasteiger partial charge in [0.2, 0.25) is 5.91 Å². The molecule has 1 aliphatic carbocycles. The van der Waals surface area contributed by atoms with Crippen molar-refractivity contribution in [3.8, 4) is 0 Å². The number of nitrogens with zero attached hydrogens (tertiary/aromatic N) is 5. The number of carbonyl (C=O) groups is 1. The molecule has 0 radical (unpaired) electrons. The predicted octanol–water partition coefficient (Wildman–Crippen LogP) is 1.35. The van der Waals surface area contributed by atoms with Gasteiger partial charge in [-0.05, 0) is 26.2 Å². The van der Waals surface area contributed by atoms with Crippen LogP contribution in [0.2, 0.25) is 0 Å². The highest BCUT2D eigenvalue weighted by Crippen LogP contribution is 2.37. The molecule has 4 unspecified atom stereocenters. The summed E-state index contributed by atoms with van der Waals surface area (Å²) in [5.41, 5.74) is 1.02. The van der Waals surface area contributed by atoms with Crippen molar-refractivity contribution in [1.82, 2.24) is 30.3 Å². The minimum Gasteiger partial charge on any atom is -0.390 e. The number of aromatic nitrogens is 5. The van der Waals surface area contributed by atoms with Crippen LogP contribution in [0.25, 0.3) is 11.2 Å². The second-order valence-corrected chi connectivity index (χ2v) is 8.54. The Morgan fingerprint density at radius 3 is 2.70 bits per heavy atom. The van der Waals surface area contributed by atoms with E-state index in [2.05, 4.69) is 44.8 Å². The Hall–Kier alpha value is -1.98. The normalized spacial score (nSPS) is 23.8. The molecular formula is C19H31N7O3S. The van der Waals surface area contributed by atoms with Gasteiger partial charge < -0.3 is 20.8 Å². The number of anilines is 1. The second kappa shape index (κ2) is 10.4. The molecule has 1 fully saturated rings. The molecule has 11 heteroatoms. The molecule has 10 nitrogen and oxygen atoms in total. The Kier molecular flexibility index (Phi) is 7.84. The number of hydrogen-bond acceptors (Lipinski definition) is 9. The zero-order valence-electron chi connectivity index (χ0n) is 17.7. The second-order valence-electron chi connectivity index (χ2n) is 7.48. The Labute approximate surface area is 180 Å². The molecule has 0 bridgehead atoms. The van der Waals surface area contributed by atoms with Crippen molar-refractivity contribution in [1.29, 1.82) is 0 Å². The lowest BCUT2D eigenvalue weighted by Gasteiger charge is -2.17. The summed E-state index contributed by atoms with van der Waals surface area (Å²) in [4.78, 5) is 21.5. The zero-order chi connectivity index (χ0) is 21.7. The summed E-state index contributed by atoms with van der Waals surface area (Å²) in [6, 6.07) is -0.597. The Morgan fingerprint density at radius 2 is 2.00 bits per heavy atom. The highest BCUT2D eigenvalue weighted by Gasteiger charge is 2.47. The number of aliphatic hydroxyl groups is 2. The van der Waals surface area contributed by atoms with Gasteiger partial charge in [-0.1, -0.05) is 37.2 Å². The third kappa shape index (κ3) is 4.68. The Morgan fingerprint density at radius 1 is 1.20 bits per heavy atom. The van der Waals surface area contributed by atoms with E-state index in [-0.39, 0.29) is 12.3 Å². The highest BCUT2D eigenvalue weighted by atomic mass is 32.2. The maximum absolute atomic E-state index is 12.3. The van der Waals surface area contributed by atoms with Gasteiger partial charge in [0.25, 0.3) is 0 Å². The fourth-order valence-corrected chi connectivity index (χ4v) is 4.31. The van der Waals surface area contributed by atoms with Crippen molar-refractivity contribution in [3.05, 3.63) is 0 Å². The summed E-state index contributed by atoms with van der Waals surface area (Å²) >= 11 is 1.55. The summed E-state index contributed by atoms with van der Waals surface area (Å²) in [5.74, 6) is 0.520. The van der Waals surface area contributed by atoms with Crippen LogP contribution in [-0.2, 0) is 4.79 Å². The summed E-state index contributed by atoms with van der Waals surface area (Å²) in [5, 5.41) is 36.2. The maximum Gasteiger partial charge on any atom is 0.225 e. The largest absolute Gasteiger partial charge is 0.390 e. The van der Waals surface area contributed by atoms with E-state index in [0.717, 1.165) is 31.6 Å². The van der Waals surface area contributed by atoms with E-state index in [1.165, 1.54) is 4.68 Å². The van der Waals surface area contributed by atoms with Gasteiger partial charge >= 0.3 is 0 Å². The lowest BCUT2D eigenvalue weighted by atomic mass is 10.0. The summed E-state index contributed by atoms with van der Waals surface area (Å²) < 4.78 is 1.53. The van der Waals surface area contributed by atoms with Gasteiger partial charge in [-0.3, -0.25) is 4.79 Å². The average Bonchev–Trinajstić information content (AvgIpc) is 3.28. The van der Waals surface area contributed by atoms with Gasteiger partial charge in [0.05, 0.1) is 18.1 Å². The van der Waals surface area contributed by atoms with Crippen LogP contribution in [-0.4, -0.2) is 72.1 Å². The molecule has 2 aromatic heterocycles. The molecule has 1 amide bonds. The number of hydrogen-bond donors (Lipinski definition) is 4. The average molecular weight is 438 g/mol. The monoisotopic (exact) mass is 437 g/mol. The van der Waals surface area contributed by atoms with Gasteiger partial charge in [0.15, 0.2) is 22.1 Å². The number of unbranched alkanes of at least 4 members (excludes halogenated alkanes) is 1. The number of aliphatic hydroxyl groups excluding tert-OH is 2. The van der Waals surface area contributed by atoms with Gasteiger partial charge in [-0.2, -0.15) is 0 Å². The summed E-state index contributed by atoms with van der Waals surface area (Å²) in [6.45, 7) is 7.26. The topological polar surface area (TPSA) is 138 Å². The van der Waals surface area contributed by atoms with Crippen LogP contribution < -0.4 is 10.6 Å². The maximum atomic E-state index is 12.3. The fourth-order valence-electron chi connectivity index (χ4n) is 3.61. The minimum atomic E-state index is -1.17. The number of thioether (sulfide) groups is 1. The molecule has 0 aliphatic heterocycles. The summed E-state index contributed by atoms with van der Waals surface area (Å²) in [7, 11) is 0. The van der Waals surface area contributed by atoms with Crippen molar-refractivity contribution in [2.75, 3.05) is 24.2 Å². The number of fused-ring (bicyclic) bond motifs is 1. The van der Waals surface area contributed by atoms with E-state index in [1.54, 1.807) is 11.8 Å². The van der Waals surface area contributed by atoms with E-state index in [9.17, 15) is 15.0 Å². The van der Waals surface area contributed by atoms with Crippen molar-refractivity contribution >= 4 is 34.7 Å². The third-order valence-corrected chi connectivity index (χ3v) is 6.27. The van der Waals surface area contributed by atoms with E-state index < -0.39 is 24.2 Å². The molecule has 1 saturated carbocycles. The Bertz CT molecular complexity index is 862. The number of carbonyl (C=O) groups excluding carboxylic acids is 1. The standard InChI is InChI=1S/C19H31N7O3S/c1-4-7-8-21-16-13-17(23-19(22-16)30-9-5-2)26(25-24-13)12-10-11(14(27)15(12)28)18(29)20-6-3/h11-12,14-15,27-28H,4-10H2,1-3H3,(H,20,29)(H,21,22,23). The molecule has 4 N–H and O–H groups in total. The molecule has 30 heavy (non-hydrogen) atoms. The van der Waals surface area contributed by atoms with Crippen LogP contribution in [0.3, 0.4) is 0 Å². The van der Waals surface area contributed by atoms with Crippen LogP contribution in [0.1, 0.15) is 52.5 Å². The molecule has 3 rings (SSSR count). The zero-order valence-corrected chi connectivity index (χ0v) is 18.5. The van der Waals surface area contributed by atoms with Crippen LogP contribution >= 0.6 is 11.8 Å². The van der Waals surface area contributed by atoms with E-state index in [1.807, 2.05) is 6.92 Å². The van der Waals surface area contributed by atoms with Crippen molar-refractivity contribution < 1.29 is 15.0 Å². The van der Waals surface area contributed by atoms with Gasteiger partial charge in [-0.25, -0.2) is 14.6 Å². The fraction of sp³-hybridized carbons (Fsp3) is 0.737. The molecule has 1 aliphatic rings. The first-order valence-electron chi connectivity index (χ1n) is 10.6. The first-order chi connectivity index (χ1) is 14.5. The highest BCUT2D eigenvalue weighted by molar-refractivity contribution is 7.99. The molecule has 4 atom stereocenters. The van der Waals surface area contributed by atoms with Crippen molar-refractivity contribution in [3.63, 3.8) is 0 Å². The molecule has 166 valence electrons. The van der Waals surface area contributed by atoms with E-state index >= 15 is 0 Å². The van der Waals surface area contributed by atoms with E-state index in [4.69, 9.17) is 0 Å². The van der Waals surface area contributed by atoms with Crippen LogP contribution in [0.5, 0.6) is 0 Å². The number of rotatable bonds is 10. The van der Waals surface area contributed by atoms with Crippen LogP contribution in [0, 0.1) is 5.92 Å². The first kappa shape index (κ1) is 22.7. The summed E-state index contributed by atoms with van der Waals surface area (Å²) in [6.07, 6.45) is 0.994. The van der Waals surface area contributed by atoms with Crippen molar-refractivity contribution in [2.24, 2.45) is 5.92 Å². The predicted molar refractivity (Wildman–Crippen MR) is 115 cm³/mol. The SMILES string of the molecule is CCCCNc1nc(SCCC)nc2c1nnn2C1CC(C(=O)NCC)C(O)C1O. The van der Waals surface area contributed by atoms with Crippen molar-refractivity contribution in [2.45, 2.75) is 69.9 Å². The minimum absolute atomic E-state index is 0.257. The van der Waals surface area contributed by atoms with Crippen LogP contribution in [0.15, 0.2) is 5.16 Å². The smallest absolute Gasteiger partial charge is 0.225 e. The molecule has 0 saturated heterocycles. The van der Waals surface area contributed by atoms with Gasteiger partial charge in [0.1, 0.15) is 6.10 Å². The third-order valence-electron chi connectivity index (χ3n) is 5.21. The van der Waals surface area contributed by atoms with Gasteiger partial charge in [0, 0.05) is 18.8 Å².